The lowest BCUT2D eigenvalue weighted by Gasteiger charge is -2.15. The fourth-order valence-electron chi connectivity index (χ4n) is 2.45. The third-order valence-corrected chi connectivity index (χ3v) is 3.46. The zero-order chi connectivity index (χ0) is 15.0. The second kappa shape index (κ2) is 5.24. The van der Waals surface area contributed by atoms with Crippen LogP contribution in [0.15, 0.2) is 30.5 Å². The SMILES string of the molecule is CC(C)Oc1ccccc1-n1ncc(C(=O)O)c1C1CC1. The number of benzene rings is 1. The van der Waals surface area contributed by atoms with Crippen molar-refractivity contribution in [3.63, 3.8) is 0 Å². The highest BCUT2D eigenvalue weighted by atomic mass is 16.5. The summed E-state index contributed by atoms with van der Waals surface area (Å²) in [6.45, 7) is 3.93. The number of ether oxygens (including phenoxy) is 1. The molecule has 5 nitrogen and oxygen atoms in total. The fourth-order valence-corrected chi connectivity index (χ4v) is 2.45. The van der Waals surface area contributed by atoms with Crippen LogP contribution < -0.4 is 4.74 Å². The Balaban J connectivity index is 2.11. The van der Waals surface area contributed by atoms with Crippen molar-refractivity contribution in [2.75, 3.05) is 0 Å². The molecule has 0 radical (unpaired) electrons. The molecule has 5 heteroatoms. The predicted octanol–water partition coefficient (Wildman–Crippen LogP) is 3.24. The van der Waals surface area contributed by atoms with Crippen LogP contribution in [-0.4, -0.2) is 27.0 Å². The monoisotopic (exact) mass is 286 g/mol. The molecule has 1 aromatic heterocycles. The van der Waals surface area contributed by atoms with E-state index in [4.69, 9.17) is 4.74 Å². The van der Waals surface area contributed by atoms with Crippen molar-refractivity contribution in [3.8, 4) is 11.4 Å². The van der Waals surface area contributed by atoms with Gasteiger partial charge in [-0.1, -0.05) is 12.1 Å². The molecule has 0 saturated heterocycles. The van der Waals surface area contributed by atoms with Crippen molar-refractivity contribution in [1.82, 2.24) is 9.78 Å². The molecule has 1 heterocycles. The first-order chi connectivity index (χ1) is 10.1. The van der Waals surface area contributed by atoms with Gasteiger partial charge < -0.3 is 9.84 Å². The summed E-state index contributed by atoms with van der Waals surface area (Å²) in [4.78, 5) is 11.4. The number of para-hydroxylation sites is 2. The molecule has 1 aromatic carbocycles. The summed E-state index contributed by atoms with van der Waals surface area (Å²) in [5, 5.41) is 13.6. The first-order valence-corrected chi connectivity index (χ1v) is 7.15. The van der Waals surface area contributed by atoms with E-state index in [0.29, 0.717) is 0 Å². The minimum atomic E-state index is -0.926. The molecule has 1 saturated carbocycles. The van der Waals surface area contributed by atoms with Gasteiger partial charge in [0.25, 0.3) is 0 Å². The molecular weight excluding hydrogens is 268 g/mol. The molecule has 21 heavy (non-hydrogen) atoms. The van der Waals surface area contributed by atoms with Gasteiger partial charge in [-0.05, 0) is 38.8 Å². The minimum absolute atomic E-state index is 0.0463. The number of carboxylic acids is 1. The first kappa shape index (κ1) is 13.7. The van der Waals surface area contributed by atoms with Crippen LogP contribution in [0.2, 0.25) is 0 Å². The molecule has 1 fully saturated rings. The molecule has 0 amide bonds. The van der Waals surface area contributed by atoms with Crippen LogP contribution >= 0.6 is 0 Å². The predicted molar refractivity (Wildman–Crippen MR) is 78.3 cm³/mol. The number of carbonyl (C=O) groups is 1. The molecule has 1 N–H and O–H groups in total. The quantitative estimate of drug-likeness (QED) is 0.916. The van der Waals surface area contributed by atoms with Crippen molar-refractivity contribution >= 4 is 5.97 Å². The highest BCUT2D eigenvalue weighted by molar-refractivity contribution is 5.89. The highest BCUT2D eigenvalue weighted by Crippen LogP contribution is 2.43. The Morgan fingerprint density at radius 2 is 2.10 bits per heavy atom. The number of aromatic nitrogens is 2. The largest absolute Gasteiger partial charge is 0.489 e. The van der Waals surface area contributed by atoms with E-state index < -0.39 is 5.97 Å². The lowest BCUT2D eigenvalue weighted by molar-refractivity contribution is 0.0695. The average molecular weight is 286 g/mol. The van der Waals surface area contributed by atoms with Crippen molar-refractivity contribution < 1.29 is 14.6 Å². The van der Waals surface area contributed by atoms with E-state index in [1.54, 1.807) is 4.68 Å². The normalized spacial score (nSPS) is 14.4. The Labute approximate surface area is 123 Å². The molecule has 3 rings (SSSR count). The number of nitrogens with zero attached hydrogens (tertiary/aromatic N) is 2. The Kier molecular flexibility index (Phi) is 3.41. The van der Waals surface area contributed by atoms with E-state index in [1.807, 2.05) is 38.1 Å². The third kappa shape index (κ3) is 2.63. The molecule has 0 aliphatic heterocycles. The molecule has 0 unspecified atom stereocenters. The maximum absolute atomic E-state index is 11.4. The maximum atomic E-state index is 11.4. The molecule has 0 spiro atoms. The van der Waals surface area contributed by atoms with Gasteiger partial charge in [-0.25, -0.2) is 9.48 Å². The Morgan fingerprint density at radius 1 is 1.38 bits per heavy atom. The molecular formula is C16H18N2O3. The second-order valence-electron chi connectivity index (χ2n) is 5.57. The third-order valence-electron chi connectivity index (χ3n) is 3.46. The lowest BCUT2D eigenvalue weighted by atomic mass is 10.1. The second-order valence-corrected chi connectivity index (χ2v) is 5.57. The van der Waals surface area contributed by atoms with Gasteiger partial charge in [-0.15, -0.1) is 0 Å². The van der Waals surface area contributed by atoms with Gasteiger partial charge in [0.1, 0.15) is 17.0 Å². The first-order valence-electron chi connectivity index (χ1n) is 7.15. The number of aromatic carboxylic acids is 1. The van der Waals surface area contributed by atoms with Crippen molar-refractivity contribution in [3.05, 3.63) is 41.7 Å². The molecule has 1 aliphatic rings. The van der Waals surface area contributed by atoms with Crippen LogP contribution in [0.1, 0.15) is 48.7 Å². The average Bonchev–Trinajstić information content (AvgIpc) is 3.17. The standard InChI is InChI=1S/C16H18N2O3/c1-10(2)21-14-6-4-3-5-13(14)18-15(11-7-8-11)12(9-17-18)16(19)20/h3-6,9-11H,7-8H2,1-2H3,(H,19,20). The Hall–Kier alpha value is -2.30. The van der Waals surface area contributed by atoms with Crippen LogP contribution in [-0.2, 0) is 0 Å². The zero-order valence-corrected chi connectivity index (χ0v) is 12.1. The Morgan fingerprint density at radius 3 is 2.71 bits per heavy atom. The van der Waals surface area contributed by atoms with E-state index in [2.05, 4.69) is 5.10 Å². The van der Waals surface area contributed by atoms with E-state index >= 15 is 0 Å². The van der Waals surface area contributed by atoms with E-state index in [0.717, 1.165) is 30.0 Å². The number of rotatable bonds is 5. The minimum Gasteiger partial charge on any atom is -0.489 e. The van der Waals surface area contributed by atoms with E-state index in [1.165, 1.54) is 6.20 Å². The fraction of sp³-hybridized carbons (Fsp3) is 0.375. The van der Waals surface area contributed by atoms with Crippen molar-refractivity contribution in [2.24, 2.45) is 0 Å². The summed E-state index contributed by atoms with van der Waals surface area (Å²) in [7, 11) is 0. The van der Waals surface area contributed by atoms with E-state index in [9.17, 15) is 9.90 Å². The lowest BCUT2D eigenvalue weighted by Crippen LogP contribution is -2.11. The Bertz CT molecular complexity index is 672. The number of hydrogen-bond acceptors (Lipinski definition) is 3. The van der Waals surface area contributed by atoms with Crippen LogP contribution in [0.25, 0.3) is 5.69 Å². The topological polar surface area (TPSA) is 64.4 Å². The molecule has 0 bridgehead atoms. The van der Waals surface area contributed by atoms with Gasteiger partial charge in [0, 0.05) is 5.92 Å². The van der Waals surface area contributed by atoms with Crippen molar-refractivity contribution in [2.45, 2.75) is 38.7 Å². The van der Waals surface area contributed by atoms with Gasteiger partial charge in [0.15, 0.2) is 0 Å². The summed E-state index contributed by atoms with van der Waals surface area (Å²) >= 11 is 0. The van der Waals surface area contributed by atoms with E-state index in [-0.39, 0.29) is 17.6 Å². The number of hydrogen-bond donors (Lipinski definition) is 1. The van der Waals surface area contributed by atoms with Crippen molar-refractivity contribution in [1.29, 1.82) is 0 Å². The summed E-state index contributed by atoms with van der Waals surface area (Å²) in [6.07, 6.45) is 3.51. The molecule has 0 atom stereocenters. The zero-order valence-electron chi connectivity index (χ0n) is 12.1. The van der Waals surface area contributed by atoms with Gasteiger partial charge in [-0.3, -0.25) is 0 Å². The summed E-state index contributed by atoms with van der Waals surface area (Å²) in [5.41, 5.74) is 1.86. The summed E-state index contributed by atoms with van der Waals surface area (Å²) < 4.78 is 7.54. The van der Waals surface area contributed by atoms with Crippen LogP contribution in [0.5, 0.6) is 5.75 Å². The summed E-state index contributed by atoms with van der Waals surface area (Å²) in [5.74, 6) is 0.0746. The van der Waals surface area contributed by atoms with Gasteiger partial charge >= 0.3 is 5.97 Å². The van der Waals surface area contributed by atoms with Crippen LogP contribution in [0, 0.1) is 0 Å². The molecule has 1 aliphatic carbocycles. The van der Waals surface area contributed by atoms with Crippen LogP contribution in [0.4, 0.5) is 0 Å². The molecule has 110 valence electrons. The number of carboxylic acid groups (broad SMARTS) is 1. The smallest absolute Gasteiger partial charge is 0.339 e. The molecule has 2 aromatic rings. The van der Waals surface area contributed by atoms with Crippen LogP contribution in [0.3, 0.4) is 0 Å². The highest BCUT2D eigenvalue weighted by Gasteiger charge is 2.33. The van der Waals surface area contributed by atoms with Gasteiger partial charge in [-0.2, -0.15) is 5.10 Å². The maximum Gasteiger partial charge on any atom is 0.339 e. The summed E-state index contributed by atoms with van der Waals surface area (Å²) in [6, 6.07) is 7.59. The van der Waals surface area contributed by atoms with Gasteiger partial charge in [0.05, 0.1) is 18.0 Å². The van der Waals surface area contributed by atoms with Gasteiger partial charge in [0.2, 0.25) is 0 Å².